The van der Waals surface area contributed by atoms with Crippen molar-refractivity contribution in [1.82, 2.24) is 19.5 Å². The van der Waals surface area contributed by atoms with Gasteiger partial charge in [0, 0.05) is 53.3 Å². The number of para-hydroxylation sites is 2. The van der Waals surface area contributed by atoms with E-state index >= 15 is 0 Å². The fourth-order valence-electron chi connectivity index (χ4n) is 6.97. The molecule has 224 valence electrons. The van der Waals surface area contributed by atoms with E-state index in [1.807, 2.05) is 0 Å². The Kier molecular flexibility index (Phi) is 6.01. The van der Waals surface area contributed by atoms with Crippen LogP contribution in [0.3, 0.4) is 0 Å². The van der Waals surface area contributed by atoms with Crippen LogP contribution in [-0.4, -0.2) is 19.5 Å². The third kappa shape index (κ3) is 4.25. The highest BCUT2D eigenvalue weighted by Gasteiger charge is 2.17. The number of nitrogens with zero attached hydrogens (tertiary/aromatic N) is 4. The minimum absolute atomic E-state index is 0.648. The van der Waals surface area contributed by atoms with Gasteiger partial charge in [-0.3, -0.25) is 0 Å². The van der Waals surface area contributed by atoms with E-state index in [-0.39, 0.29) is 0 Å². The second kappa shape index (κ2) is 10.7. The second-order valence-corrected chi connectivity index (χ2v) is 13.1. The van der Waals surface area contributed by atoms with Crippen molar-refractivity contribution < 1.29 is 0 Å². The van der Waals surface area contributed by atoms with E-state index < -0.39 is 0 Å². The lowest BCUT2D eigenvalue weighted by molar-refractivity contribution is 1.08. The van der Waals surface area contributed by atoms with Gasteiger partial charge < -0.3 is 4.57 Å². The first-order chi connectivity index (χ1) is 23.8. The van der Waals surface area contributed by atoms with Gasteiger partial charge in [0.25, 0.3) is 0 Å². The highest BCUT2D eigenvalue weighted by atomic mass is 32.1. The molecule has 0 aliphatic heterocycles. The second-order valence-electron chi connectivity index (χ2n) is 12.1. The molecule has 7 aromatic carbocycles. The summed E-state index contributed by atoms with van der Waals surface area (Å²) < 4.78 is 4.77. The van der Waals surface area contributed by atoms with Crippen LogP contribution in [0, 0.1) is 0 Å². The van der Waals surface area contributed by atoms with E-state index in [0.29, 0.717) is 17.5 Å². The van der Waals surface area contributed by atoms with E-state index in [0.717, 1.165) is 27.8 Å². The van der Waals surface area contributed by atoms with E-state index in [9.17, 15) is 0 Å². The molecule has 0 amide bonds. The summed E-state index contributed by atoms with van der Waals surface area (Å²) in [6.07, 6.45) is 0. The molecule has 3 aromatic heterocycles. The Morgan fingerprint density at radius 2 is 1.00 bits per heavy atom. The van der Waals surface area contributed by atoms with Gasteiger partial charge in [-0.05, 0) is 65.4 Å². The van der Waals surface area contributed by atoms with Gasteiger partial charge >= 0.3 is 0 Å². The zero-order valence-corrected chi connectivity index (χ0v) is 26.5. The van der Waals surface area contributed by atoms with Gasteiger partial charge in [-0.1, -0.05) is 103 Å². The molecule has 0 saturated heterocycles. The van der Waals surface area contributed by atoms with Gasteiger partial charge in [0.15, 0.2) is 17.5 Å². The molecule has 0 atom stereocenters. The van der Waals surface area contributed by atoms with Crippen LogP contribution in [0.2, 0.25) is 0 Å². The summed E-state index contributed by atoms with van der Waals surface area (Å²) in [5.74, 6) is 1.98. The smallest absolute Gasteiger partial charge is 0.165 e. The summed E-state index contributed by atoms with van der Waals surface area (Å²) in [4.78, 5) is 15.4. The van der Waals surface area contributed by atoms with Gasteiger partial charge in [0.05, 0.1) is 11.0 Å². The number of hydrogen-bond acceptors (Lipinski definition) is 4. The molecule has 3 heterocycles. The lowest BCUT2D eigenvalue weighted by Crippen LogP contribution is -2.01. The predicted octanol–water partition coefficient (Wildman–Crippen LogP) is 11.5. The van der Waals surface area contributed by atoms with Gasteiger partial charge in [0.2, 0.25) is 0 Å². The number of hydrogen-bond donors (Lipinski definition) is 0. The molecule has 0 radical (unpaired) electrons. The monoisotopic (exact) mass is 630 g/mol. The highest BCUT2D eigenvalue weighted by molar-refractivity contribution is 7.26. The first-order valence-electron chi connectivity index (χ1n) is 16.0. The number of thiophene rings is 1. The molecule has 5 heteroatoms. The molecule has 0 aliphatic rings. The summed E-state index contributed by atoms with van der Waals surface area (Å²) in [5, 5.41) is 7.30. The molecule has 10 rings (SSSR count). The Morgan fingerprint density at radius 1 is 0.417 bits per heavy atom. The highest BCUT2D eigenvalue weighted by Crippen LogP contribution is 2.40. The molecular weight excluding hydrogens is 605 g/mol. The Hall–Kier alpha value is -6.17. The van der Waals surface area contributed by atoms with Crippen LogP contribution in [-0.2, 0) is 0 Å². The van der Waals surface area contributed by atoms with Gasteiger partial charge in [-0.25, -0.2) is 15.0 Å². The van der Waals surface area contributed by atoms with Gasteiger partial charge in [0.1, 0.15) is 0 Å². The minimum Gasteiger partial charge on any atom is -0.309 e. The van der Waals surface area contributed by atoms with Crippen molar-refractivity contribution in [2.45, 2.75) is 0 Å². The van der Waals surface area contributed by atoms with E-state index in [4.69, 9.17) is 15.0 Å². The normalized spacial score (nSPS) is 11.8. The molecule has 0 bridgehead atoms. The molecule has 0 aliphatic carbocycles. The molecule has 0 unspecified atom stereocenters. The molecule has 10 aromatic rings. The molecule has 0 spiro atoms. The number of rotatable bonds is 4. The topological polar surface area (TPSA) is 43.6 Å². The summed E-state index contributed by atoms with van der Waals surface area (Å²) in [6.45, 7) is 0. The van der Waals surface area contributed by atoms with Crippen LogP contribution in [0.1, 0.15) is 0 Å². The summed E-state index contributed by atoms with van der Waals surface area (Å²) in [7, 11) is 0. The lowest BCUT2D eigenvalue weighted by atomic mass is 10.1. The van der Waals surface area contributed by atoms with Crippen LogP contribution in [0.5, 0.6) is 0 Å². The van der Waals surface area contributed by atoms with Crippen molar-refractivity contribution in [3.63, 3.8) is 0 Å². The van der Waals surface area contributed by atoms with Crippen LogP contribution in [0.15, 0.2) is 158 Å². The Morgan fingerprint density at radius 3 is 1.77 bits per heavy atom. The van der Waals surface area contributed by atoms with E-state index in [2.05, 4.69) is 162 Å². The average molecular weight is 631 g/mol. The minimum atomic E-state index is 0.648. The van der Waals surface area contributed by atoms with Crippen molar-refractivity contribution in [3.8, 4) is 39.9 Å². The Balaban J connectivity index is 1.16. The van der Waals surface area contributed by atoms with Crippen molar-refractivity contribution in [3.05, 3.63) is 158 Å². The fraction of sp³-hybridized carbons (Fsp3) is 0. The zero-order chi connectivity index (χ0) is 31.6. The van der Waals surface area contributed by atoms with E-state index in [1.54, 1.807) is 11.3 Å². The molecule has 0 N–H and O–H groups in total. The van der Waals surface area contributed by atoms with Crippen LogP contribution < -0.4 is 0 Å². The maximum absolute atomic E-state index is 5.15. The van der Waals surface area contributed by atoms with Gasteiger partial charge in [-0.2, -0.15) is 0 Å². The van der Waals surface area contributed by atoms with Crippen LogP contribution in [0.4, 0.5) is 0 Å². The molecule has 0 saturated carbocycles. The van der Waals surface area contributed by atoms with Crippen molar-refractivity contribution in [2.24, 2.45) is 0 Å². The van der Waals surface area contributed by atoms with Crippen molar-refractivity contribution >= 4 is 64.1 Å². The average Bonchev–Trinajstić information content (AvgIpc) is 3.71. The first-order valence-corrected chi connectivity index (χ1v) is 16.9. The molecule has 48 heavy (non-hydrogen) atoms. The number of aromatic nitrogens is 4. The maximum atomic E-state index is 5.15. The summed E-state index contributed by atoms with van der Waals surface area (Å²) >= 11 is 1.79. The van der Waals surface area contributed by atoms with Crippen molar-refractivity contribution in [2.75, 3.05) is 0 Å². The maximum Gasteiger partial charge on any atom is 0.165 e. The third-order valence-electron chi connectivity index (χ3n) is 9.25. The molecular formula is C43H26N4S. The third-order valence-corrected chi connectivity index (χ3v) is 10.5. The largest absolute Gasteiger partial charge is 0.309 e. The number of benzene rings is 7. The predicted molar refractivity (Wildman–Crippen MR) is 201 cm³/mol. The quantitative estimate of drug-likeness (QED) is 0.194. The zero-order valence-electron chi connectivity index (χ0n) is 25.7. The SMILES string of the molecule is c1ccc2cc(-c3nc(-c4ccc(-n5c6ccccc6c6ccccc65)cc4)nc(-c4cccc5c4sc4ccccc45)n3)ccc2c1. The Bertz CT molecular complexity index is 2790. The lowest BCUT2D eigenvalue weighted by Gasteiger charge is -2.11. The first kappa shape index (κ1) is 27.0. The van der Waals surface area contributed by atoms with Crippen molar-refractivity contribution in [1.29, 1.82) is 0 Å². The van der Waals surface area contributed by atoms with E-state index in [1.165, 1.54) is 47.4 Å². The number of fused-ring (bicyclic) bond motifs is 7. The molecule has 4 nitrogen and oxygen atoms in total. The van der Waals surface area contributed by atoms with Crippen LogP contribution in [0.25, 0.3) is 92.6 Å². The Labute approximate surface area is 280 Å². The standard InChI is InChI=1S/C43H26N4S/c1-2-11-29-26-30(21-20-27(29)10-1)42-44-41(45-43(46-42)36-16-9-15-35-34-14-5-8-19-39(34)48-40(35)36)28-22-24-31(25-23-28)47-37-17-6-3-12-32(37)33-13-4-7-18-38(33)47/h1-26H. The fourth-order valence-corrected chi connectivity index (χ4v) is 8.18. The van der Waals surface area contributed by atoms with Crippen LogP contribution >= 0.6 is 11.3 Å². The molecule has 0 fully saturated rings. The summed E-state index contributed by atoms with van der Waals surface area (Å²) in [6, 6.07) is 55.6. The summed E-state index contributed by atoms with van der Waals surface area (Å²) in [5.41, 5.74) is 6.38. The van der Waals surface area contributed by atoms with Gasteiger partial charge in [-0.15, -0.1) is 11.3 Å².